The van der Waals surface area contributed by atoms with E-state index in [1.165, 1.54) is 6.07 Å². The van der Waals surface area contributed by atoms with Crippen molar-refractivity contribution >= 4 is 35.7 Å². The normalized spacial score (nSPS) is 11.1. The maximum absolute atomic E-state index is 11.3. The number of rotatable bonds is 2. The summed E-state index contributed by atoms with van der Waals surface area (Å²) in [6, 6.07) is 4.91. The Morgan fingerprint density at radius 1 is 1.53 bits per heavy atom. The van der Waals surface area contributed by atoms with E-state index < -0.39 is 9.05 Å². The Balaban J connectivity index is 3.69. The van der Waals surface area contributed by atoms with E-state index in [2.05, 4.69) is 15.9 Å². The molecule has 0 heterocycles. The molecular formula is C9H7BrClNO2S. The zero-order valence-electron chi connectivity index (χ0n) is 7.79. The van der Waals surface area contributed by atoms with Crippen LogP contribution in [0.2, 0.25) is 0 Å². The predicted octanol–water partition coefficient (Wildman–Crippen LogP) is 2.81. The van der Waals surface area contributed by atoms with Gasteiger partial charge in [-0.05, 0) is 24.1 Å². The monoisotopic (exact) mass is 307 g/mol. The molecule has 1 rings (SSSR count). The van der Waals surface area contributed by atoms with Crippen molar-refractivity contribution in [3.8, 4) is 6.07 Å². The van der Waals surface area contributed by atoms with Gasteiger partial charge in [0.2, 0.25) is 0 Å². The Morgan fingerprint density at radius 2 is 2.13 bits per heavy atom. The van der Waals surface area contributed by atoms with E-state index in [0.29, 0.717) is 16.5 Å². The fraction of sp³-hybridized carbons (Fsp3) is 0.222. The van der Waals surface area contributed by atoms with Crippen LogP contribution in [0.4, 0.5) is 0 Å². The van der Waals surface area contributed by atoms with Crippen LogP contribution in [0.3, 0.4) is 0 Å². The zero-order chi connectivity index (χ0) is 11.6. The minimum atomic E-state index is -3.88. The summed E-state index contributed by atoms with van der Waals surface area (Å²) in [6.07, 6.45) is 0.495. The lowest BCUT2D eigenvalue weighted by atomic mass is 10.1. The van der Waals surface area contributed by atoms with Gasteiger partial charge in [0.15, 0.2) is 0 Å². The maximum atomic E-state index is 11.3. The first kappa shape index (κ1) is 12.5. The summed E-state index contributed by atoms with van der Waals surface area (Å²) >= 11 is 3.21. The van der Waals surface area contributed by atoms with Gasteiger partial charge >= 0.3 is 0 Å². The van der Waals surface area contributed by atoms with E-state index in [0.717, 1.165) is 0 Å². The number of halogens is 2. The molecule has 0 fully saturated rings. The molecule has 3 nitrogen and oxygen atoms in total. The van der Waals surface area contributed by atoms with Gasteiger partial charge in [-0.15, -0.1) is 0 Å². The first-order valence-corrected chi connectivity index (χ1v) is 7.17. The van der Waals surface area contributed by atoms with Crippen molar-refractivity contribution in [2.24, 2.45) is 0 Å². The first-order valence-electron chi connectivity index (χ1n) is 4.07. The highest BCUT2D eigenvalue weighted by Gasteiger charge is 2.20. The highest BCUT2D eigenvalue weighted by molar-refractivity contribution is 9.10. The average molecular weight is 309 g/mol. The van der Waals surface area contributed by atoms with Crippen LogP contribution in [0.1, 0.15) is 18.1 Å². The van der Waals surface area contributed by atoms with E-state index in [1.807, 2.05) is 6.07 Å². The van der Waals surface area contributed by atoms with Gasteiger partial charge in [-0.2, -0.15) is 5.26 Å². The van der Waals surface area contributed by atoms with Crippen LogP contribution >= 0.6 is 26.6 Å². The van der Waals surface area contributed by atoms with Crippen LogP contribution in [0.25, 0.3) is 0 Å². The van der Waals surface area contributed by atoms with E-state index in [-0.39, 0.29) is 10.5 Å². The summed E-state index contributed by atoms with van der Waals surface area (Å²) < 4.78 is 23.3. The molecule has 0 saturated carbocycles. The summed E-state index contributed by atoms with van der Waals surface area (Å²) in [4.78, 5) is -0.0858. The second-order valence-corrected chi connectivity index (χ2v) is 6.26. The predicted molar refractivity (Wildman–Crippen MR) is 61.3 cm³/mol. The van der Waals surface area contributed by atoms with Gasteiger partial charge in [-0.3, -0.25) is 0 Å². The van der Waals surface area contributed by atoms with Gasteiger partial charge in [0.25, 0.3) is 9.05 Å². The molecule has 1 aromatic rings. The van der Waals surface area contributed by atoms with E-state index in [1.54, 1.807) is 13.0 Å². The van der Waals surface area contributed by atoms with Crippen molar-refractivity contribution in [3.05, 3.63) is 27.7 Å². The molecule has 0 aromatic heterocycles. The van der Waals surface area contributed by atoms with Crippen LogP contribution in [0.5, 0.6) is 0 Å². The third-order valence-electron chi connectivity index (χ3n) is 1.88. The van der Waals surface area contributed by atoms with Gasteiger partial charge in [0.1, 0.15) is 11.0 Å². The molecule has 0 aliphatic heterocycles. The van der Waals surface area contributed by atoms with Crippen molar-refractivity contribution in [1.29, 1.82) is 5.26 Å². The summed E-state index contributed by atoms with van der Waals surface area (Å²) in [7, 11) is 1.41. The minimum Gasteiger partial charge on any atom is -0.207 e. The average Bonchev–Trinajstić information content (AvgIpc) is 2.14. The third kappa shape index (κ3) is 2.71. The quantitative estimate of drug-likeness (QED) is 0.789. The number of nitrogens with zero attached hydrogens (tertiary/aromatic N) is 1. The molecule has 0 aliphatic carbocycles. The maximum Gasteiger partial charge on any atom is 0.262 e. The van der Waals surface area contributed by atoms with Gasteiger partial charge in [-0.25, -0.2) is 8.42 Å². The molecule has 0 unspecified atom stereocenters. The molecule has 15 heavy (non-hydrogen) atoms. The molecule has 0 aliphatic rings. The van der Waals surface area contributed by atoms with Crippen LogP contribution in [-0.4, -0.2) is 8.42 Å². The second kappa shape index (κ2) is 4.52. The highest BCUT2D eigenvalue weighted by Crippen LogP contribution is 2.28. The molecular weight excluding hydrogens is 302 g/mol. The molecule has 80 valence electrons. The van der Waals surface area contributed by atoms with Crippen molar-refractivity contribution in [2.75, 3.05) is 0 Å². The molecule has 0 spiro atoms. The largest absolute Gasteiger partial charge is 0.262 e. The first-order chi connectivity index (χ1) is 6.90. The molecule has 6 heteroatoms. The topological polar surface area (TPSA) is 57.9 Å². The number of benzene rings is 1. The molecule has 0 bridgehead atoms. The van der Waals surface area contributed by atoms with Gasteiger partial charge in [0, 0.05) is 15.2 Å². The van der Waals surface area contributed by atoms with Crippen LogP contribution in [0, 0.1) is 11.3 Å². The zero-order valence-corrected chi connectivity index (χ0v) is 10.9. The lowest BCUT2D eigenvalue weighted by Gasteiger charge is -2.07. The lowest BCUT2D eigenvalue weighted by Crippen LogP contribution is -2.01. The molecule has 0 amide bonds. The fourth-order valence-corrected chi connectivity index (χ4v) is 3.22. The number of hydrogen-bond acceptors (Lipinski definition) is 3. The van der Waals surface area contributed by atoms with E-state index in [4.69, 9.17) is 15.9 Å². The molecule has 0 atom stereocenters. The standard InChI is InChI=1S/C9H7BrClNO2S/c1-2-6-3-8(10)4-7(5-12)9(6)15(11,13)14/h3-4H,2H2,1H3. The Hall–Kier alpha value is -0.570. The summed E-state index contributed by atoms with van der Waals surface area (Å²) in [5.74, 6) is 0. The minimum absolute atomic E-state index is 0.0659. The van der Waals surface area contributed by atoms with Gasteiger partial charge in [0.05, 0.1) is 5.56 Å². The number of hydrogen-bond donors (Lipinski definition) is 0. The van der Waals surface area contributed by atoms with Gasteiger partial charge in [-0.1, -0.05) is 22.9 Å². The Bertz CT molecular complexity index is 534. The molecule has 0 N–H and O–H groups in total. The lowest BCUT2D eigenvalue weighted by molar-refractivity contribution is 0.608. The Morgan fingerprint density at radius 3 is 2.53 bits per heavy atom. The SMILES string of the molecule is CCc1cc(Br)cc(C#N)c1S(=O)(=O)Cl. The van der Waals surface area contributed by atoms with Crippen molar-refractivity contribution in [3.63, 3.8) is 0 Å². The summed E-state index contributed by atoms with van der Waals surface area (Å²) in [5.41, 5.74) is 0.604. The molecule has 0 saturated heterocycles. The summed E-state index contributed by atoms with van der Waals surface area (Å²) in [6.45, 7) is 1.80. The fourth-order valence-electron chi connectivity index (χ4n) is 1.28. The molecule has 0 radical (unpaired) electrons. The van der Waals surface area contributed by atoms with E-state index >= 15 is 0 Å². The van der Waals surface area contributed by atoms with Crippen molar-refractivity contribution < 1.29 is 8.42 Å². The van der Waals surface area contributed by atoms with Gasteiger partial charge < -0.3 is 0 Å². The smallest absolute Gasteiger partial charge is 0.207 e. The third-order valence-corrected chi connectivity index (χ3v) is 3.77. The Kier molecular flexibility index (Phi) is 3.77. The van der Waals surface area contributed by atoms with Crippen molar-refractivity contribution in [2.45, 2.75) is 18.2 Å². The number of nitriles is 1. The van der Waals surface area contributed by atoms with Crippen LogP contribution in [-0.2, 0) is 15.5 Å². The Labute approximate surface area is 101 Å². The van der Waals surface area contributed by atoms with E-state index in [9.17, 15) is 8.42 Å². The summed E-state index contributed by atoms with van der Waals surface area (Å²) in [5, 5.41) is 8.83. The van der Waals surface area contributed by atoms with Crippen LogP contribution in [0.15, 0.2) is 21.5 Å². The number of aryl methyl sites for hydroxylation is 1. The van der Waals surface area contributed by atoms with Crippen LogP contribution < -0.4 is 0 Å². The molecule has 1 aromatic carbocycles. The highest BCUT2D eigenvalue weighted by atomic mass is 79.9. The second-order valence-electron chi connectivity index (χ2n) is 2.84. The van der Waals surface area contributed by atoms with Crippen molar-refractivity contribution in [1.82, 2.24) is 0 Å².